The zero-order valence-corrected chi connectivity index (χ0v) is 10.4. The van der Waals surface area contributed by atoms with Crippen LogP contribution in [-0.4, -0.2) is 19.0 Å². The van der Waals surface area contributed by atoms with Gasteiger partial charge in [-0.2, -0.15) is 0 Å². The largest absolute Gasteiger partial charge is 0.374 e. The first-order valence-corrected chi connectivity index (χ1v) is 5.77. The highest BCUT2D eigenvalue weighted by molar-refractivity contribution is 9.10. The molecule has 1 aromatic carbocycles. The van der Waals surface area contributed by atoms with Gasteiger partial charge in [-0.25, -0.2) is 0 Å². The Morgan fingerprint density at radius 1 is 1.53 bits per heavy atom. The summed E-state index contributed by atoms with van der Waals surface area (Å²) in [6.07, 6.45) is 0. The standard InChI is InChI=1S/C11H13BrN2O/c1-3-14-9-5-8(12)4-7(2)11(9)13-6-10(14)15/h4-5,13H,3,6H2,1-2H3. The van der Waals surface area contributed by atoms with Crippen molar-refractivity contribution in [2.75, 3.05) is 23.3 Å². The SMILES string of the molecule is CCN1C(=O)CNc2c(C)cc(Br)cc21. The molecule has 4 heteroatoms. The first-order valence-electron chi connectivity index (χ1n) is 4.98. The summed E-state index contributed by atoms with van der Waals surface area (Å²) < 4.78 is 1.01. The van der Waals surface area contributed by atoms with Crippen molar-refractivity contribution in [3.05, 3.63) is 22.2 Å². The van der Waals surface area contributed by atoms with Gasteiger partial charge in [-0.15, -0.1) is 0 Å². The number of aryl methyl sites for hydroxylation is 1. The number of benzene rings is 1. The van der Waals surface area contributed by atoms with Crippen LogP contribution in [0.3, 0.4) is 0 Å². The summed E-state index contributed by atoms with van der Waals surface area (Å²) in [6.45, 7) is 5.14. The quantitative estimate of drug-likeness (QED) is 0.849. The molecule has 0 aromatic heterocycles. The molecule has 0 spiro atoms. The van der Waals surface area contributed by atoms with E-state index in [1.54, 1.807) is 0 Å². The highest BCUT2D eigenvalue weighted by Gasteiger charge is 2.23. The van der Waals surface area contributed by atoms with Gasteiger partial charge in [0.05, 0.1) is 17.9 Å². The Hall–Kier alpha value is -1.03. The van der Waals surface area contributed by atoms with Gasteiger partial charge < -0.3 is 10.2 Å². The van der Waals surface area contributed by atoms with Crippen molar-refractivity contribution >= 4 is 33.2 Å². The van der Waals surface area contributed by atoms with Crippen LogP contribution in [0.5, 0.6) is 0 Å². The second-order valence-corrected chi connectivity index (χ2v) is 4.52. The Morgan fingerprint density at radius 3 is 2.93 bits per heavy atom. The number of anilines is 2. The summed E-state index contributed by atoms with van der Waals surface area (Å²) in [6, 6.07) is 4.03. The highest BCUT2D eigenvalue weighted by atomic mass is 79.9. The van der Waals surface area contributed by atoms with Gasteiger partial charge in [-0.1, -0.05) is 15.9 Å². The lowest BCUT2D eigenvalue weighted by atomic mass is 10.1. The smallest absolute Gasteiger partial charge is 0.246 e. The minimum Gasteiger partial charge on any atom is -0.374 e. The Kier molecular flexibility index (Phi) is 2.69. The van der Waals surface area contributed by atoms with Crippen LogP contribution in [0.4, 0.5) is 11.4 Å². The van der Waals surface area contributed by atoms with Gasteiger partial charge in [0.2, 0.25) is 5.91 Å². The Balaban J connectivity index is 2.57. The number of rotatable bonds is 1. The third-order valence-electron chi connectivity index (χ3n) is 2.60. The molecule has 0 saturated heterocycles. The average Bonchev–Trinajstić information content (AvgIpc) is 2.17. The zero-order chi connectivity index (χ0) is 11.0. The molecule has 0 unspecified atom stereocenters. The fourth-order valence-electron chi connectivity index (χ4n) is 1.91. The topological polar surface area (TPSA) is 32.3 Å². The van der Waals surface area contributed by atoms with Crippen molar-refractivity contribution in [2.45, 2.75) is 13.8 Å². The molecule has 3 nitrogen and oxygen atoms in total. The third-order valence-corrected chi connectivity index (χ3v) is 3.06. The monoisotopic (exact) mass is 268 g/mol. The first-order chi connectivity index (χ1) is 7.13. The van der Waals surface area contributed by atoms with Crippen LogP contribution in [0, 0.1) is 6.92 Å². The first kappa shape index (κ1) is 10.5. The molecule has 80 valence electrons. The van der Waals surface area contributed by atoms with Crippen molar-refractivity contribution < 1.29 is 4.79 Å². The normalized spacial score (nSPS) is 14.9. The van der Waals surface area contributed by atoms with Gasteiger partial charge in [0.1, 0.15) is 0 Å². The van der Waals surface area contributed by atoms with Crippen LogP contribution in [0.15, 0.2) is 16.6 Å². The predicted octanol–water partition coefficient (Wildman–Crippen LogP) is 2.54. The van der Waals surface area contributed by atoms with Gasteiger partial charge in [0, 0.05) is 11.0 Å². The summed E-state index contributed by atoms with van der Waals surface area (Å²) in [5, 5.41) is 3.16. The number of amides is 1. The fraction of sp³-hybridized carbons (Fsp3) is 0.364. The Morgan fingerprint density at radius 2 is 2.27 bits per heavy atom. The third kappa shape index (κ3) is 1.74. The number of hydrogen-bond acceptors (Lipinski definition) is 2. The molecule has 0 fully saturated rings. The van der Waals surface area contributed by atoms with Crippen LogP contribution in [0.1, 0.15) is 12.5 Å². The van der Waals surface area contributed by atoms with Gasteiger partial charge in [-0.05, 0) is 31.5 Å². The van der Waals surface area contributed by atoms with Crippen molar-refractivity contribution in [3.8, 4) is 0 Å². The van der Waals surface area contributed by atoms with Gasteiger partial charge >= 0.3 is 0 Å². The predicted molar refractivity (Wildman–Crippen MR) is 65.4 cm³/mol. The summed E-state index contributed by atoms with van der Waals surface area (Å²) in [5.74, 6) is 0.127. The van der Waals surface area contributed by atoms with E-state index >= 15 is 0 Å². The minimum absolute atomic E-state index is 0.127. The van der Waals surface area contributed by atoms with Crippen LogP contribution in [0.25, 0.3) is 0 Å². The lowest BCUT2D eigenvalue weighted by Crippen LogP contribution is -2.39. The van der Waals surface area contributed by atoms with Crippen molar-refractivity contribution in [3.63, 3.8) is 0 Å². The van der Waals surface area contributed by atoms with E-state index in [1.165, 1.54) is 0 Å². The number of halogens is 1. The lowest BCUT2D eigenvalue weighted by Gasteiger charge is -2.30. The van der Waals surface area contributed by atoms with Gasteiger partial charge in [-0.3, -0.25) is 4.79 Å². The maximum absolute atomic E-state index is 11.7. The van der Waals surface area contributed by atoms with E-state index in [1.807, 2.05) is 24.8 Å². The maximum atomic E-state index is 11.7. The number of carbonyl (C=O) groups excluding carboxylic acids is 1. The minimum atomic E-state index is 0.127. The molecule has 0 atom stereocenters. The Labute approximate surface area is 97.6 Å². The molecule has 0 saturated carbocycles. The van der Waals surface area contributed by atoms with Crippen molar-refractivity contribution in [2.24, 2.45) is 0 Å². The molecule has 1 N–H and O–H groups in total. The van der Waals surface area contributed by atoms with E-state index < -0.39 is 0 Å². The summed E-state index contributed by atoms with van der Waals surface area (Å²) >= 11 is 3.45. The number of carbonyl (C=O) groups is 1. The van der Waals surface area contributed by atoms with Crippen LogP contribution < -0.4 is 10.2 Å². The van der Waals surface area contributed by atoms with Gasteiger partial charge in [0.15, 0.2) is 0 Å². The molecule has 0 radical (unpaired) electrons. The summed E-state index contributed by atoms with van der Waals surface area (Å²) in [7, 11) is 0. The number of nitrogens with zero attached hydrogens (tertiary/aromatic N) is 1. The van der Waals surface area contributed by atoms with E-state index in [0.29, 0.717) is 13.1 Å². The highest BCUT2D eigenvalue weighted by Crippen LogP contribution is 2.35. The molecule has 0 bridgehead atoms. The summed E-state index contributed by atoms with van der Waals surface area (Å²) in [5.41, 5.74) is 3.20. The molecule has 2 rings (SSSR count). The number of hydrogen-bond donors (Lipinski definition) is 1. The molecule has 1 aliphatic heterocycles. The maximum Gasteiger partial charge on any atom is 0.246 e. The second kappa shape index (κ2) is 3.85. The molecule has 15 heavy (non-hydrogen) atoms. The van der Waals surface area contributed by atoms with E-state index in [0.717, 1.165) is 21.4 Å². The zero-order valence-electron chi connectivity index (χ0n) is 8.80. The van der Waals surface area contributed by atoms with Crippen LogP contribution in [-0.2, 0) is 4.79 Å². The lowest BCUT2D eigenvalue weighted by molar-refractivity contribution is -0.117. The molecule has 1 aliphatic rings. The molecular formula is C11H13BrN2O. The second-order valence-electron chi connectivity index (χ2n) is 3.61. The van der Waals surface area contributed by atoms with E-state index in [-0.39, 0.29) is 5.91 Å². The van der Waals surface area contributed by atoms with Crippen molar-refractivity contribution in [1.29, 1.82) is 0 Å². The van der Waals surface area contributed by atoms with E-state index in [4.69, 9.17) is 0 Å². The molecule has 0 aliphatic carbocycles. The number of nitrogens with one attached hydrogen (secondary N) is 1. The van der Waals surface area contributed by atoms with Gasteiger partial charge in [0.25, 0.3) is 0 Å². The average molecular weight is 269 g/mol. The fourth-order valence-corrected chi connectivity index (χ4v) is 2.47. The van der Waals surface area contributed by atoms with Crippen LogP contribution >= 0.6 is 15.9 Å². The number of likely N-dealkylation sites (N-methyl/N-ethyl adjacent to an activating group) is 1. The molecule has 1 aromatic rings. The van der Waals surface area contributed by atoms with Crippen molar-refractivity contribution in [1.82, 2.24) is 0 Å². The Bertz CT molecular complexity index is 417. The van der Waals surface area contributed by atoms with Crippen LogP contribution in [0.2, 0.25) is 0 Å². The molecule has 1 heterocycles. The van der Waals surface area contributed by atoms with E-state index in [2.05, 4.69) is 27.3 Å². The summed E-state index contributed by atoms with van der Waals surface area (Å²) in [4.78, 5) is 13.5. The van der Waals surface area contributed by atoms with E-state index in [9.17, 15) is 4.79 Å². The molecular weight excluding hydrogens is 256 g/mol. The number of fused-ring (bicyclic) bond motifs is 1. The molecule has 1 amide bonds.